The monoisotopic (exact) mass is 378 g/mol. The molecule has 0 bridgehead atoms. The van der Waals surface area contributed by atoms with Gasteiger partial charge >= 0.3 is 0 Å². The smallest absolute Gasteiger partial charge is 0.243 e. The van der Waals surface area contributed by atoms with E-state index in [9.17, 15) is 17.6 Å². The first-order valence-corrected chi connectivity index (χ1v) is 9.61. The zero-order chi connectivity index (χ0) is 19.5. The fourth-order valence-corrected chi connectivity index (χ4v) is 3.58. The van der Waals surface area contributed by atoms with Gasteiger partial charge in [0, 0.05) is 14.1 Å². The molecule has 1 unspecified atom stereocenters. The van der Waals surface area contributed by atoms with Crippen molar-refractivity contribution in [3.8, 4) is 0 Å². The standard InChI is InChI=1S/C19H23FN2O3S/c1-14-5-11-18(12-6-14)26(24,25)21(3)13-19(23)22(4)15(2)16-7-9-17(20)10-8-16/h5-12,15H,13H2,1-4H3. The number of hydrogen-bond donors (Lipinski definition) is 0. The minimum atomic E-state index is -3.74. The number of aryl methyl sites for hydroxylation is 1. The fraction of sp³-hybridized carbons (Fsp3) is 0.316. The molecule has 0 spiro atoms. The molecular weight excluding hydrogens is 355 g/mol. The van der Waals surface area contributed by atoms with Crippen molar-refractivity contribution >= 4 is 15.9 Å². The van der Waals surface area contributed by atoms with Crippen LogP contribution in [0.1, 0.15) is 24.1 Å². The molecule has 0 fully saturated rings. The van der Waals surface area contributed by atoms with E-state index in [2.05, 4.69) is 0 Å². The number of rotatable bonds is 6. The van der Waals surface area contributed by atoms with Gasteiger partial charge < -0.3 is 4.90 Å². The van der Waals surface area contributed by atoms with E-state index >= 15 is 0 Å². The van der Waals surface area contributed by atoms with E-state index in [0.29, 0.717) is 0 Å². The minimum Gasteiger partial charge on any atom is -0.338 e. The van der Waals surface area contributed by atoms with E-state index < -0.39 is 10.0 Å². The van der Waals surface area contributed by atoms with E-state index in [1.165, 1.54) is 36.2 Å². The van der Waals surface area contributed by atoms with E-state index in [1.807, 2.05) is 6.92 Å². The Morgan fingerprint density at radius 3 is 2.12 bits per heavy atom. The first-order valence-electron chi connectivity index (χ1n) is 8.17. The summed E-state index contributed by atoms with van der Waals surface area (Å²) in [7, 11) is -0.766. The third kappa shape index (κ3) is 4.47. The lowest BCUT2D eigenvalue weighted by Crippen LogP contribution is -2.40. The van der Waals surface area contributed by atoms with Crippen LogP contribution < -0.4 is 0 Å². The number of carbonyl (C=O) groups is 1. The number of likely N-dealkylation sites (N-methyl/N-ethyl adjacent to an activating group) is 2. The lowest BCUT2D eigenvalue weighted by atomic mass is 10.1. The van der Waals surface area contributed by atoms with Gasteiger partial charge in [-0.2, -0.15) is 4.31 Å². The average molecular weight is 378 g/mol. The van der Waals surface area contributed by atoms with Crippen molar-refractivity contribution in [1.82, 2.24) is 9.21 Å². The molecule has 5 nitrogen and oxygen atoms in total. The Hall–Kier alpha value is -2.25. The molecule has 0 radical (unpaired) electrons. The maximum absolute atomic E-state index is 13.0. The van der Waals surface area contributed by atoms with Gasteiger partial charge in [0.2, 0.25) is 15.9 Å². The molecular formula is C19H23FN2O3S. The summed E-state index contributed by atoms with van der Waals surface area (Å²) in [5, 5.41) is 0. The molecule has 1 amide bonds. The summed E-state index contributed by atoms with van der Waals surface area (Å²) < 4.78 is 39.3. The van der Waals surface area contributed by atoms with Crippen molar-refractivity contribution < 1.29 is 17.6 Å². The zero-order valence-electron chi connectivity index (χ0n) is 15.3. The summed E-state index contributed by atoms with van der Waals surface area (Å²) in [6.45, 7) is 3.40. The Morgan fingerprint density at radius 1 is 1.04 bits per heavy atom. The number of benzene rings is 2. The molecule has 2 aromatic rings. The Labute approximate surface area is 154 Å². The molecule has 0 saturated carbocycles. The van der Waals surface area contributed by atoms with Crippen molar-refractivity contribution in [3.63, 3.8) is 0 Å². The number of sulfonamides is 1. The van der Waals surface area contributed by atoms with Crippen molar-refractivity contribution in [2.45, 2.75) is 24.8 Å². The Morgan fingerprint density at radius 2 is 1.58 bits per heavy atom. The maximum Gasteiger partial charge on any atom is 0.243 e. The van der Waals surface area contributed by atoms with Crippen LogP contribution in [-0.4, -0.2) is 44.2 Å². The predicted molar refractivity (Wildman–Crippen MR) is 98.6 cm³/mol. The normalized spacial score (nSPS) is 12.8. The van der Waals surface area contributed by atoms with Crippen LogP contribution in [0.25, 0.3) is 0 Å². The van der Waals surface area contributed by atoms with Gasteiger partial charge in [0.1, 0.15) is 5.82 Å². The Balaban J connectivity index is 2.09. The highest BCUT2D eigenvalue weighted by Crippen LogP contribution is 2.20. The quantitative estimate of drug-likeness (QED) is 0.776. The number of carbonyl (C=O) groups excluding carboxylic acids is 1. The number of amides is 1. The molecule has 0 aliphatic rings. The van der Waals surface area contributed by atoms with Crippen LogP contribution in [0.2, 0.25) is 0 Å². The minimum absolute atomic E-state index is 0.146. The van der Waals surface area contributed by atoms with Crippen LogP contribution in [0.15, 0.2) is 53.4 Å². The molecule has 140 valence electrons. The second-order valence-corrected chi connectivity index (χ2v) is 8.35. The molecule has 2 aromatic carbocycles. The van der Waals surface area contributed by atoms with E-state index in [-0.39, 0.29) is 29.2 Å². The number of halogens is 1. The summed E-state index contributed by atoms with van der Waals surface area (Å²) in [6, 6.07) is 12.0. The molecule has 0 heterocycles. The molecule has 26 heavy (non-hydrogen) atoms. The number of hydrogen-bond acceptors (Lipinski definition) is 3. The highest BCUT2D eigenvalue weighted by molar-refractivity contribution is 7.89. The van der Waals surface area contributed by atoms with Gasteiger partial charge in [-0.05, 0) is 43.7 Å². The largest absolute Gasteiger partial charge is 0.338 e. The first kappa shape index (κ1) is 20.1. The topological polar surface area (TPSA) is 57.7 Å². The van der Waals surface area contributed by atoms with Gasteiger partial charge in [-0.3, -0.25) is 4.79 Å². The molecule has 7 heteroatoms. The number of nitrogens with zero attached hydrogens (tertiary/aromatic N) is 2. The molecule has 0 aliphatic heterocycles. The summed E-state index contributed by atoms with van der Waals surface area (Å²) in [5.74, 6) is -0.695. The molecule has 0 aromatic heterocycles. The summed E-state index contributed by atoms with van der Waals surface area (Å²) in [6.07, 6.45) is 0. The van der Waals surface area contributed by atoms with Crippen LogP contribution in [0, 0.1) is 12.7 Å². The van der Waals surface area contributed by atoms with E-state index in [1.54, 1.807) is 38.2 Å². The van der Waals surface area contributed by atoms with Gasteiger partial charge in [-0.15, -0.1) is 0 Å². The van der Waals surface area contributed by atoms with Crippen molar-refractivity contribution in [1.29, 1.82) is 0 Å². The van der Waals surface area contributed by atoms with Crippen LogP contribution in [0.5, 0.6) is 0 Å². The van der Waals surface area contributed by atoms with Crippen LogP contribution in [-0.2, 0) is 14.8 Å². The van der Waals surface area contributed by atoms with Crippen LogP contribution >= 0.6 is 0 Å². The van der Waals surface area contributed by atoms with Crippen molar-refractivity contribution in [3.05, 3.63) is 65.5 Å². The molecule has 1 atom stereocenters. The SMILES string of the molecule is Cc1ccc(S(=O)(=O)N(C)CC(=O)N(C)C(C)c2ccc(F)cc2)cc1. The average Bonchev–Trinajstić information content (AvgIpc) is 2.61. The highest BCUT2D eigenvalue weighted by Gasteiger charge is 2.26. The van der Waals surface area contributed by atoms with Gasteiger partial charge in [-0.1, -0.05) is 29.8 Å². The fourth-order valence-electron chi connectivity index (χ4n) is 2.46. The van der Waals surface area contributed by atoms with Gasteiger partial charge in [0.25, 0.3) is 0 Å². The third-order valence-electron chi connectivity index (χ3n) is 4.41. The first-order chi connectivity index (χ1) is 12.1. The molecule has 2 rings (SSSR count). The third-order valence-corrected chi connectivity index (χ3v) is 6.23. The Bertz CT molecular complexity index is 865. The summed E-state index contributed by atoms with van der Waals surface area (Å²) >= 11 is 0. The van der Waals surface area contributed by atoms with Gasteiger partial charge in [0.15, 0.2) is 0 Å². The second kappa shape index (κ2) is 7.97. The van der Waals surface area contributed by atoms with E-state index in [0.717, 1.165) is 15.4 Å². The second-order valence-electron chi connectivity index (χ2n) is 6.31. The zero-order valence-corrected chi connectivity index (χ0v) is 16.1. The molecule has 0 saturated heterocycles. The molecule has 0 N–H and O–H groups in total. The van der Waals surface area contributed by atoms with Gasteiger partial charge in [-0.25, -0.2) is 12.8 Å². The lowest BCUT2D eigenvalue weighted by Gasteiger charge is -2.27. The molecule has 0 aliphatic carbocycles. The van der Waals surface area contributed by atoms with E-state index in [4.69, 9.17) is 0 Å². The highest BCUT2D eigenvalue weighted by atomic mass is 32.2. The van der Waals surface area contributed by atoms with Crippen LogP contribution in [0.3, 0.4) is 0 Å². The van der Waals surface area contributed by atoms with Crippen LogP contribution in [0.4, 0.5) is 4.39 Å². The van der Waals surface area contributed by atoms with Crippen molar-refractivity contribution in [2.24, 2.45) is 0 Å². The predicted octanol–water partition coefficient (Wildman–Crippen LogP) is 2.97. The summed E-state index contributed by atoms with van der Waals surface area (Å²) in [4.78, 5) is 14.1. The Kier molecular flexibility index (Phi) is 6.15. The van der Waals surface area contributed by atoms with Gasteiger partial charge in [0.05, 0.1) is 17.5 Å². The summed E-state index contributed by atoms with van der Waals surface area (Å²) in [5.41, 5.74) is 1.72. The maximum atomic E-state index is 13.0. The van der Waals surface area contributed by atoms with Crippen molar-refractivity contribution in [2.75, 3.05) is 20.6 Å². The lowest BCUT2D eigenvalue weighted by molar-refractivity contribution is -0.131.